The minimum absolute atomic E-state index is 0.0228. The van der Waals surface area contributed by atoms with E-state index in [1.54, 1.807) is 0 Å². The van der Waals surface area contributed by atoms with E-state index in [9.17, 15) is 4.79 Å². The third kappa shape index (κ3) is 2.68. The largest absolute Gasteiger partial charge is 0.329 e. The fourth-order valence-electron chi connectivity index (χ4n) is 2.80. The number of H-pyrrole nitrogens is 1. The number of nitrogens with one attached hydrogen (secondary N) is 2. The van der Waals surface area contributed by atoms with Gasteiger partial charge in [-0.2, -0.15) is 0 Å². The molecule has 2 heterocycles. The smallest absolute Gasteiger partial charge is 0.258 e. The van der Waals surface area contributed by atoms with Crippen molar-refractivity contribution in [1.29, 1.82) is 0 Å². The average molecular weight is 258 g/mol. The Hall–Kier alpha value is -1.68. The molecule has 0 unspecified atom stereocenters. The van der Waals surface area contributed by atoms with Crippen LogP contribution in [-0.2, 0) is 6.54 Å². The number of nitrogens with zero attached hydrogens (tertiary/aromatic N) is 1. The predicted octanol–water partition coefficient (Wildman–Crippen LogP) is 0.738. The van der Waals surface area contributed by atoms with Crippen molar-refractivity contribution < 1.29 is 4.90 Å². The second-order valence-corrected chi connectivity index (χ2v) is 5.64. The van der Waals surface area contributed by atoms with E-state index in [0.717, 1.165) is 23.8 Å². The van der Waals surface area contributed by atoms with Crippen molar-refractivity contribution in [1.82, 2.24) is 9.97 Å². The van der Waals surface area contributed by atoms with Crippen LogP contribution in [0, 0.1) is 5.92 Å². The number of hydrogen-bond donors (Lipinski definition) is 2. The Bertz CT molecular complexity index is 627. The molecule has 3 rings (SSSR count). The van der Waals surface area contributed by atoms with Gasteiger partial charge in [0.2, 0.25) is 0 Å². The minimum Gasteiger partial charge on any atom is -0.329 e. The number of benzene rings is 1. The Kier molecular flexibility index (Phi) is 3.34. The van der Waals surface area contributed by atoms with E-state index in [-0.39, 0.29) is 5.56 Å². The van der Waals surface area contributed by atoms with E-state index in [0.29, 0.717) is 5.39 Å². The Balaban J connectivity index is 1.83. The molecule has 1 fully saturated rings. The van der Waals surface area contributed by atoms with E-state index >= 15 is 0 Å². The van der Waals surface area contributed by atoms with Crippen LogP contribution in [0.3, 0.4) is 0 Å². The van der Waals surface area contributed by atoms with Crippen LogP contribution in [0.2, 0.25) is 0 Å². The second-order valence-electron chi connectivity index (χ2n) is 5.64. The van der Waals surface area contributed by atoms with Gasteiger partial charge in [-0.15, -0.1) is 0 Å². The Morgan fingerprint density at radius 1 is 1.32 bits per heavy atom. The van der Waals surface area contributed by atoms with Gasteiger partial charge in [0, 0.05) is 0 Å². The second kappa shape index (κ2) is 5.13. The van der Waals surface area contributed by atoms with Gasteiger partial charge in [0.25, 0.3) is 5.56 Å². The Morgan fingerprint density at radius 2 is 2.05 bits per heavy atom. The number of aromatic nitrogens is 2. The fraction of sp³-hybridized carbons (Fsp3) is 0.467. The summed E-state index contributed by atoms with van der Waals surface area (Å²) in [5.74, 6) is 1.65. The molecule has 0 atom stereocenters. The molecule has 4 nitrogen and oxygen atoms in total. The molecule has 0 radical (unpaired) electrons. The van der Waals surface area contributed by atoms with Crippen molar-refractivity contribution in [2.45, 2.75) is 26.3 Å². The first kappa shape index (κ1) is 12.4. The molecule has 4 heteroatoms. The number of rotatable bonds is 2. The lowest BCUT2D eigenvalue weighted by Gasteiger charge is -2.26. The van der Waals surface area contributed by atoms with Crippen LogP contribution in [0.15, 0.2) is 29.1 Å². The number of quaternary nitrogens is 1. The molecular formula is C15H20N3O+. The number of fused-ring (bicyclic) bond motifs is 1. The Labute approximate surface area is 112 Å². The first-order chi connectivity index (χ1) is 9.22. The first-order valence-electron chi connectivity index (χ1n) is 7.04. The van der Waals surface area contributed by atoms with Gasteiger partial charge in [-0.1, -0.05) is 19.1 Å². The highest BCUT2D eigenvalue weighted by Crippen LogP contribution is 2.08. The molecule has 0 bridgehead atoms. The molecule has 1 aromatic carbocycles. The van der Waals surface area contributed by atoms with Crippen LogP contribution in [0.25, 0.3) is 10.9 Å². The summed E-state index contributed by atoms with van der Waals surface area (Å²) in [5, 5.41) is 0.675. The van der Waals surface area contributed by atoms with E-state index in [2.05, 4.69) is 16.9 Å². The standard InChI is InChI=1S/C15H19N3O/c1-11-6-8-18(9-7-11)10-14-16-13-5-3-2-4-12(13)15(19)17-14/h2-5,11H,6-10H2,1H3,(H,16,17,19)/p+1. The maximum Gasteiger partial charge on any atom is 0.258 e. The molecule has 1 aromatic heterocycles. The van der Waals surface area contributed by atoms with Crippen molar-refractivity contribution in [3.63, 3.8) is 0 Å². The lowest BCUT2D eigenvalue weighted by atomic mass is 9.99. The van der Waals surface area contributed by atoms with Crippen LogP contribution >= 0.6 is 0 Å². The molecular weight excluding hydrogens is 238 g/mol. The van der Waals surface area contributed by atoms with Gasteiger partial charge in [-0.25, -0.2) is 4.98 Å². The molecule has 0 aliphatic carbocycles. The lowest BCUT2D eigenvalue weighted by Crippen LogP contribution is -3.11. The number of aromatic amines is 1. The van der Waals surface area contributed by atoms with Gasteiger partial charge in [-0.3, -0.25) is 4.79 Å². The van der Waals surface area contributed by atoms with Crippen molar-refractivity contribution >= 4 is 10.9 Å². The van der Waals surface area contributed by atoms with Gasteiger partial charge in [-0.05, 0) is 30.9 Å². The highest BCUT2D eigenvalue weighted by molar-refractivity contribution is 5.77. The van der Waals surface area contributed by atoms with Crippen molar-refractivity contribution in [3.8, 4) is 0 Å². The highest BCUT2D eigenvalue weighted by Gasteiger charge is 2.20. The molecule has 2 aromatic rings. The third-order valence-corrected chi connectivity index (χ3v) is 4.06. The zero-order chi connectivity index (χ0) is 13.2. The summed E-state index contributed by atoms with van der Waals surface area (Å²) in [6, 6.07) is 7.52. The normalized spacial score (nSPS) is 23.6. The number of para-hydroxylation sites is 1. The summed E-state index contributed by atoms with van der Waals surface area (Å²) in [5.41, 5.74) is 0.774. The molecule has 1 saturated heterocycles. The Morgan fingerprint density at radius 3 is 2.84 bits per heavy atom. The summed E-state index contributed by atoms with van der Waals surface area (Å²) < 4.78 is 0. The number of piperidine rings is 1. The van der Waals surface area contributed by atoms with Crippen molar-refractivity contribution in [3.05, 3.63) is 40.4 Å². The molecule has 0 spiro atoms. The van der Waals surface area contributed by atoms with Gasteiger partial charge < -0.3 is 9.88 Å². The van der Waals surface area contributed by atoms with Crippen molar-refractivity contribution in [2.24, 2.45) is 5.92 Å². The number of likely N-dealkylation sites (tertiary alicyclic amines) is 1. The van der Waals surface area contributed by atoms with Gasteiger partial charge in [0.1, 0.15) is 6.54 Å². The summed E-state index contributed by atoms with van der Waals surface area (Å²) in [6.07, 6.45) is 2.54. The molecule has 19 heavy (non-hydrogen) atoms. The lowest BCUT2D eigenvalue weighted by molar-refractivity contribution is -0.920. The van der Waals surface area contributed by atoms with Gasteiger partial charge in [0.05, 0.1) is 24.0 Å². The van der Waals surface area contributed by atoms with Crippen LogP contribution in [0.4, 0.5) is 0 Å². The molecule has 100 valence electrons. The maximum atomic E-state index is 12.0. The zero-order valence-electron chi connectivity index (χ0n) is 11.3. The van der Waals surface area contributed by atoms with E-state index in [1.165, 1.54) is 30.8 Å². The van der Waals surface area contributed by atoms with E-state index in [4.69, 9.17) is 0 Å². The summed E-state index contributed by atoms with van der Waals surface area (Å²) in [6.45, 7) is 5.50. The quantitative estimate of drug-likeness (QED) is 0.834. The predicted molar refractivity (Wildman–Crippen MR) is 75.2 cm³/mol. The minimum atomic E-state index is -0.0228. The monoisotopic (exact) mass is 258 g/mol. The van der Waals surface area contributed by atoms with Crippen LogP contribution in [0.5, 0.6) is 0 Å². The molecule has 0 saturated carbocycles. The summed E-state index contributed by atoms with van der Waals surface area (Å²) >= 11 is 0. The average Bonchev–Trinajstić information content (AvgIpc) is 2.42. The van der Waals surface area contributed by atoms with Crippen LogP contribution in [0.1, 0.15) is 25.6 Å². The highest BCUT2D eigenvalue weighted by atomic mass is 16.1. The van der Waals surface area contributed by atoms with Gasteiger partial charge in [0.15, 0.2) is 5.82 Å². The number of hydrogen-bond acceptors (Lipinski definition) is 2. The molecule has 1 aliphatic heterocycles. The molecule has 2 N–H and O–H groups in total. The third-order valence-electron chi connectivity index (χ3n) is 4.06. The van der Waals surface area contributed by atoms with Crippen LogP contribution < -0.4 is 10.5 Å². The fourth-order valence-corrected chi connectivity index (χ4v) is 2.80. The molecule has 1 aliphatic rings. The van der Waals surface area contributed by atoms with Crippen LogP contribution in [-0.4, -0.2) is 23.1 Å². The SMILES string of the molecule is CC1CC[NH+](Cc2nc3ccccc3c(=O)[nH]2)CC1. The van der Waals surface area contributed by atoms with Gasteiger partial charge >= 0.3 is 0 Å². The van der Waals surface area contributed by atoms with E-state index < -0.39 is 0 Å². The van der Waals surface area contributed by atoms with E-state index in [1.807, 2.05) is 24.3 Å². The first-order valence-corrected chi connectivity index (χ1v) is 7.04. The molecule has 0 amide bonds. The topological polar surface area (TPSA) is 50.2 Å². The summed E-state index contributed by atoms with van der Waals surface area (Å²) in [4.78, 5) is 21.0. The summed E-state index contributed by atoms with van der Waals surface area (Å²) in [7, 11) is 0. The maximum absolute atomic E-state index is 12.0. The van der Waals surface area contributed by atoms with Crippen molar-refractivity contribution in [2.75, 3.05) is 13.1 Å². The zero-order valence-corrected chi connectivity index (χ0v) is 11.3.